The van der Waals surface area contributed by atoms with Crippen LogP contribution in [-0.4, -0.2) is 49.2 Å². The molecule has 0 radical (unpaired) electrons. The van der Waals surface area contributed by atoms with Crippen molar-refractivity contribution in [1.82, 2.24) is 15.2 Å². The summed E-state index contributed by atoms with van der Waals surface area (Å²) in [6.07, 6.45) is 5.68. The summed E-state index contributed by atoms with van der Waals surface area (Å²) in [5.74, 6) is 1.14. The number of anilines is 1. The monoisotopic (exact) mass is 274 g/mol. The lowest BCUT2D eigenvalue weighted by molar-refractivity contribution is 0.187. The number of piperazine rings is 1. The number of hydrogen-bond acceptors (Lipinski definition) is 4. The molecule has 2 aliphatic rings. The molecular weight excluding hydrogens is 248 g/mol. The van der Waals surface area contributed by atoms with Crippen LogP contribution in [0.1, 0.15) is 31.4 Å². The van der Waals surface area contributed by atoms with Crippen molar-refractivity contribution in [2.75, 3.05) is 38.1 Å². The summed E-state index contributed by atoms with van der Waals surface area (Å²) in [7, 11) is 1.97. The molecule has 0 atom stereocenters. The normalized spacial score (nSPS) is 21.6. The van der Waals surface area contributed by atoms with Crippen molar-refractivity contribution in [3.05, 3.63) is 23.9 Å². The summed E-state index contributed by atoms with van der Waals surface area (Å²) >= 11 is 0. The van der Waals surface area contributed by atoms with E-state index in [0.29, 0.717) is 0 Å². The summed E-state index contributed by atoms with van der Waals surface area (Å²) in [6, 6.07) is 7.22. The molecule has 4 heteroatoms. The van der Waals surface area contributed by atoms with Gasteiger partial charge in [0, 0.05) is 38.8 Å². The smallest absolute Gasteiger partial charge is 0.128 e. The van der Waals surface area contributed by atoms with Gasteiger partial charge in [0.25, 0.3) is 0 Å². The Morgan fingerprint density at radius 1 is 1.15 bits per heavy atom. The lowest BCUT2D eigenvalue weighted by atomic mass is 10.2. The standard InChI is InChI=1S/C16H26N4/c1-17-13-14-5-4-8-16(18-14)20-11-9-19(10-12-20)15-6-2-3-7-15/h4-5,8,15,17H,2-3,6-7,9-13H2,1H3. The lowest BCUT2D eigenvalue weighted by Gasteiger charge is -2.38. The molecule has 20 heavy (non-hydrogen) atoms. The number of rotatable bonds is 4. The fourth-order valence-corrected chi connectivity index (χ4v) is 3.51. The van der Waals surface area contributed by atoms with Crippen LogP contribution in [0.2, 0.25) is 0 Å². The van der Waals surface area contributed by atoms with Crippen molar-refractivity contribution in [1.29, 1.82) is 0 Å². The molecule has 1 N–H and O–H groups in total. The first-order valence-electron chi connectivity index (χ1n) is 7.96. The third kappa shape index (κ3) is 3.13. The van der Waals surface area contributed by atoms with Gasteiger partial charge in [-0.1, -0.05) is 18.9 Å². The van der Waals surface area contributed by atoms with Crippen LogP contribution in [0, 0.1) is 0 Å². The van der Waals surface area contributed by atoms with Gasteiger partial charge < -0.3 is 10.2 Å². The largest absolute Gasteiger partial charge is 0.354 e. The van der Waals surface area contributed by atoms with Crippen molar-refractivity contribution < 1.29 is 0 Å². The topological polar surface area (TPSA) is 31.4 Å². The van der Waals surface area contributed by atoms with Gasteiger partial charge in [-0.05, 0) is 32.0 Å². The van der Waals surface area contributed by atoms with Gasteiger partial charge in [-0.15, -0.1) is 0 Å². The highest BCUT2D eigenvalue weighted by atomic mass is 15.3. The second-order valence-corrected chi connectivity index (χ2v) is 5.98. The summed E-state index contributed by atoms with van der Waals surface area (Å²) in [5.41, 5.74) is 1.13. The van der Waals surface area contributed by atoms with E-state index in [-0.39, 0.29) is 0 Å². The van der Waals surface area contributed by atoms with Crippen LogP contribution in [-0.2, 0) is 6.54 Å². The van der Waals surface area contributed by atoms with Gasteiger partial charge in [-0.25, -0.2) is 4.98 Å². The molecule has 110 valence electrons. The molecule has 1 aliphatic carbocycles. The Morgan fingerprint density at radius 2 is 1.90 bits per heavy atom. The van der Waals surface area contributed by atoms with E-state index in [1.165, 1.54) is 38.8 Å². The molecule has 1 aromatic heterocycles. The van der Waals surface area contributed by atoms with E-state index >= 15 is 0 Å². The quantitative estimate of drug-likeness (QED) is 0.908. The van der Waals surface area contributed by atoms with Crippen molar-refractivity contribution in [3.8, 4) is 0 Å². The first kappa shape index (κ1) is 13.8. The predicted molar refractivity (Wildman–Crippen MR) is 83.0 cm³/mol. The van der Waals surface area contributed by atoms with Crippen molar-refractivity contribution in [3.63, 3.8) is 0 Å². The first-order valence-corrected chi connectivity index (χ1v) is 7.96. The maximum absolute atomic E-state index is 4.75. The minimum Gasteiger partial charge on any atom is -0.354 e. The number of nitrogens with one attached hydrogen (secondary N) is 1. The van der Waals surface area contributed by atoms with Crippen LogP contribution in [0.25, 0.3) is 0 Å². The average Bonchev–Trinajstić information content (AvgIpc) is 3.02. The maximum Gasteiger partial charge on any atom is 0.128 e. The summed E-state index contributed by atoms with van der Waals surface area (Å²) in [5, 5.41) is 3.17. The zero-order chi connectivity index (χ0) is 13.8. The first-order chi connectivity index (χ1) is 9.86. The van der Waals surface area contributed by atoms with E-state index in [1.54, 1.807) is 0 Å². The fraction of sp³-hybridized carbons (Fsp3) is 0.688. The van der Waals surface area contributed by atoms with Crippen LogP contribution >= 0.6 is 0 Å². The number of pyridine rings is 1. The molecule has 1 aliphatic heterocycles. The molecule has 3 rings (SSSR count). The van der Waals surface area contributed by atoms with Crippen LogP contribution < -0.4 is 10.2 Å². The number of hydrogen-bond donors (Lipinski definition) is 1. The second kappa shape index (κ2) is 6.55. The van der Waals surface area contributed by atoms with Crippen molar-refractivity contribution in [2.24, 2.45) is 0 Å². The Kier molecular flexibility index (Phi) is 4.53. The molecule has 1 aromatic rings. The summed E-state index contributed by atoms with van der Waals surface area (Å²) < 4.78 is 0. The minimum atomic E-state index is 0.843. The molecule has 0 aromatic carbocycles. The highest BCUT2D eigenvalue weighted by molar-refractivity contribution is 5.39. The molecule has 0 unspecified atom stereocenters. The molecule has 1 saturated carbocycles. The van der Waals surface area contributed by atoms with Gasteiger partial charge in [0.2, 0.25) is 0 Å². The van der Waals surface area contributed by atoms with Crippen molar-refractivity contribution in [2.45, 2.75) is 38.3 Å². The Bertz CT molecular complexity index is 420. The van der Waals surface area contributed by atoms with E-state index in [9.17, 15) is 0 Å². The molecule has 2 heterocycles. The van der Waals surface area contributed by atoms with Crippen LogP contribution in [0.5, 0.6) is 0 Å². The predicted octanol–water partition coefficient (Wildman–Crippen LogP) is 1.87. The Labute approximate surface area is 122 Å². The van der Waals surface area contributed by atoms with Gasteiger partial charge in [0.05, 0.1) is 5.69 Å². The molecule has 0 bridgehead atoms. The molecular formula is C16H26N4. The van der Waals surface area contributed by atoms with E-state index in [2.05, 4.69) is 33.3 Å². The summed E-state index contributed by atoms with van der Waals surface area (Å²) in [4.78, 5) is 9.88. The minimum absolute atomic E-state index is 0.843. The third-order valence-electron chi connectivity index (χ3n) is 4.63. The molecule has 0 spiro atoms. The zero-order valence-electron chi connectivity index (χ0n) is 12.5. The van der Waals surface area contributed by atoms with Gasteiger partial charge in [-0.2, -0.15) is 0 Å². The van der Waals surface area contributed by atoms with Gasteiger partial charge in [0.1, 0.15) is 5.82 Å². The Morgan fingerprint density at radius 3 is 2.60 bits per heavy atom. The van der Waals surface area contributed by atoms with E-state index in [4.69, 9.17) is 4.98 Å². The second-order valence-electron chi connectivity index (χ2n) is 5.98. The molecule has 4 nitrogen and oxygen atoms in total. The SMILES string of the molecule is CNCc1cccc(N2CCN(C3CCCC3)CC2)n1. The molecule has 1 saturated heterocycles. The Hall–Kier alpha value is -1.13. The van der Waals surface area contributed by atoms with E-state index < -0.39 is 0 Å². The lowest BCUT2D eigenvalue weighted by Crippen LogP contribution is -2.50. The third-order valence-corrected chi connectivity index (χ3v) is 4.63. The highest BCUT2D eigenvalue weighted by Gasteiger charge is 2.26. The van der Waals surface area contributed by atoms with Crippen molar-refractivity contribution >= 4 is 5.82 Å². The van der Waals surface area contributed by atoms with Gasteiger partial charge in [0.15, 0.2) is 0 Å². The molecule has 0 amide bonds. The van der Waals surface area contributed by atoms with Crippen LogP contribution in [0.3, 0.4) is 0 Å². The van der Waals surface area contributed by atoms with E-state index in [1.807, 2.05) is 7.05 Å². The number of aromatic nitrogens is 1. The van der Waals surface area contributed by atoms with Crippen LogP contribution in [0.15, 0.2) is 18.2 Å². The zero-order valence-corrected chi connectivity index (χ0v) is 12.5. The maximum atomic E-state index is 4.75. The van der Waals surface area contributed by atoms with E-state index in [0.717, 1.165) is 37.2 Å². The average molecular weight is 274 g/mol. The highest BCUT2D eigenvalue weighted by Crippen LogP contribution is 2.25. The van der Waals surface area contributed by atoms with Crippen LogP contribution in [0.4, 0.5) is 5.82 Å². The van der Waals surface area contributed by atoms with Gasteiger partial charge in [-0.3, -0.25) is 4.90 Å². The fourth-order valence-electron chi connectivity index (χ4n) is 3.51. The summed E-state index contributed by atoms with van der Waals surface area (Å²) in [6.45, 7) is 5.47. The van der Waals surface area contributed by atoms with Gasteiger partial charge >= 0.3 is 0 Å². The Balaban J connectivity index is 1.58. The molecule has 2 fully saturated rings. The number of nitrogens with zero attached hydrogens (tertiary/aromatic N) is 3.